The maximum atomic E-state index is 11.3. The highest BCUT2D eigenvalue weighted by Gasteiger charge is 2.07. The largest absolute Gasteiger partial charge is 0.419 e. The number of rotatable bonds is 4. The molecule has 0 spiro atoms. The lowest BCUT2D eigenvalue weighted by molar-refractivity contribution is 0.211. The van der Waals surface area contributed by atoms with Crippen LogP contribution in [-0.4, -0.2) is 28.2 Å². The SMILES string of the molecule is Cn1c(=O)oc2ccc(NCC(O)CCl)cc21. The molecule has 2 aromatic rings. The van der Waals surface area contributed by atoms with E-state index < -0.39 is 11.9 Å². The van der Waals surface area contributed by atoms with Gasteiger partial charge in [-0.25, -0.2) is 4.79 Å². The third-order valence-electron chi connectivity index (χ3n) is 2.51. The summed E-state index contributed by atoms with van der Waals surface area (Å²) in [6.07, 6.45) is -0.597. The number of hydrogen-bond donors (Lipinski definition) is 2. The molecule has 0 radical (unpaired) electrons. The number of anilines is 1. The zero-order chi connectivity index (χ0) is 12.4. The molecule has 0 saturated heterocycles. The van der Waals surface area contributed by atoms with Crippen molar-refractivity contribution in [3.8, 4) is 0 Å². The summed E-state index contributed by atoms with van der Waals surface area (Å²) in [6, 6.07) is 5.29. The van der Waals surface area contributed by atoms with Crippen LogP contribution in [0, 0.1) is 0 Å². The molecule has 1 atom stereocenters. The number of nitrogens with zero attached hydrogens (tertiary/aromatic N) is 1. The molecule has 5 nitrogen and oxygen atoms in total. The Labute approximate surface area is 103 Å². The molecule has 1 heterocycles. The number of halogens is 1. The Morgan fingerprint density at radius 3 is 3.06 bits per heavy atom. The highest BCUT2D eigenvalue weighted by Crippen LogP contribution is 2.17. The number of aromatic nitrogens is 1. The van der Waals surface area contributed by atoms with E-state index in [1.165, 1.54) is 4.57 Å². The first-order chi connectivity index (χ1) is 8.11. The number of fused-ring (bicyclic) bond motifs is 1. The van der Waals surface area contributed by atoms with Gasteiger partial charge in [0.2, 0.25) is 0 Å². The van der Waals surface area contributed by atoms with Crippen molar-refractivity contribution < 1.29 is 9.52 Å². The molecule has 0 saturated carbocycles. The molecular formula is C11H13ClN2O3. The van der Waals surface area contributed by atoms with Gasteiger partial charge in [-0.1, -0.05) is 0 Å². The lowest BCUT2D eigenvalue weighted by Crippen LogP contribution is -2.20. The molecule has 0 amide bonds. The standard InChI is InChI=1S/C11H13ClN2O3/c1-14-9-4-7(13-6-8(15)5-12)2-3-10(9)17-11(14)16/h2-4,8,13,15H,5-6H2,1H3. The van der Waals surface area contributed by atoms with Gasteiger partial charge in [-0.3, -0.25) is 4.57 Å². The van der Waals surface area contributed by atoms with E-state index in [9.17, 15) is 9.90 Å². The van der Waals surface area contributed by atoms with Gasteiger partial charge in [0.1, 0.15) is 0 Å². The van der Waals surface area contributed by atoms with E-state index in [4.69, 9.17) is 16.0 Å². The van der Waals surface area contributed by atoms with E-state index in [-0.39, 0.29) is 5.88 Å². The molecule has 0 fully saturated rings. The molecule has 17 heavy (non-hydrogen) atoms. The van der Waals surface area contributed by atoms with E-state index >= 15 is 0 Å². The van der Waals surface area contributed by atoms with Crippen LogP contribution in [0.15, 0.2) is 27.4 Å². The second-order valence-corrected chi connectivity index (χ2v) is 4.11. The Kier molecular flexibility index (Phi) is 3.40. The molecular weight excluding hydrogens is 244 g/mol. The summed E-state index contributed by atoms with van der Waals surface area (Å²) >= 11 is 5.49. The minimum atomic E-state index is -0.597. The van der Waals surface area contributed by atoms with Crippen molar-refractivity contribution in [2.75, 3.05) is 17.7 Å². The van der Waals surface area contributed by atoms with Crippen molar-refractivity contribution in [3.63, 3.8) is 0 Å². The summed E-state index contributed by atoms with van der Waals surface area (Å²) in [6.45, 7) is 0.362. The maximum absolute atomic E-state index is 11.3. The van der Waals surface area contributed by atoms with Crippen molar-refractivity contribution in [1.82, 2.24) is 4.57 Å². The smallest absolute Gasteiger partial charge is 0.408 e. The van der Waals surface area contributed by atoms with Gasteiger partial charge in [-0.15, -0.1) is 11.6 Å². The second-order valence-electron chi connectivity index (χ2n) is 3.80. The molecule has 1 unspecified atom stereocenters. The van der Waals surface area contributed by atoms with Gasteiger partial charge in [0.15, 0.2) is 5.58 Å². The topological polar surface area (TPSA) is 67.4 Å². The van der Waals surface area contributed by atoms with Crippen LogP contribution >= 0.6 is 11.6 Å². The Balaban J connectivity index is 2.25. The quantitative estimate of drug-likeness (QED) is 0.805. The van der Waals surface area contributed by atoms with E-state index in [1.54, 1.807) is 25.2 Å². The third-order valence-corrected chi connectivity index (χ3v) is 2.87. The van der Waals surface area contributed by atoms with Gasteiger partial charge in [0.05, 0.1) is 17.5 Å². The van der Waals surface area contributed by atoms with E-state index in [0.717, 1.165) is 5.69 Å². The lowest BCUT2D eigenvalue weighted by atomic mass is 10.2. The number of alkyl halides is 1. The molecule has 0 aliphatic carbocycles. The Morgan fingerprint density at radius 1 is 1.59 bits per heavy atom. The van der Waals surface area contributed by atoms with Crippen LogP contribution < -0.4 is 11.1 Å². The van der Waals surface area contributed by atoms with Crippen LogP contribution in [0.2, 0.25) is 0 Å². The van der Waals surface area contributed by atoms with E-state index in [0.29, 0.717) is 17.6 Å². The Hall–Kier alpha value is -1.46. The van der Waals surface area contributed by atoms with Crippen LogP contribution in [0.5, 0.6) is 0 Å². The van der Waals surface area contributed by atoms with Crippen molar-refractivity contribution in [1.29, 1.82) is 0 Å². The second kappa shape index (κ2) is 4.81. The number of aryl methyl sites for hydroxylation is 1. The van der Waals surface area contributed by atoms with Crippen LogP contribution in [0.25, 0.3) is 11.1 Å². The fourth-order valence-corrected chi connectivity index (χ4v) is 1.64. The number of hydrogen-bond acceptors (Lipinski definition) is 4. The van der Waals surface area contributed by atoms with Gasteiger partial charge in [-0.05, 0) is 18.2 Å². The van der Waals surface area contributed by atoms with E-state index in [2.05, 4.69) is 5.32 Å². The van der Waals surface area contributed by atoms with Gasteiger partial charge in [0, 0.05) is 19.3 Å². The highest BCUT2D eigenvalue weighted by molar-refractivity contribution is 6.18. The maximum Gasteiger partial charge on any atom is 0.419 e. The average Bonchev–Trinajstić information content (AvgIpc) is 2.62. The predicted molar refractivity (Wildman–Crippen MR) is 66.7 cm³/mol. The van der Waals surface area contributed by atoms with Crippen molar-refractivity contribution >= 4 is 28.4 Å². The van der Waals surface area contributed by atoms with Crippen LogP contribution in [-0.2, 0) is 7.05 Å². The van der Waals surface area contributed by atoms with E-state index in [1.807, 2.05) is 0 Å². The fraction of sp³-hybridized carbons (Fsp3) is 0.364. The zero-order valence-corrected chi connectivity index (χ0v) is 10.1. The van der Waals surface area contributed by atoms with Crippen molar-refractivity contribution in [2.45, 2.75) is 6.10 Å². The summed E-state index contributed by atoms with van der Waals surface area (Å²) in [5, 5.41) is 12.4. The zero-order valence-electron chi connectivity index (χ0n) is 9.31. The number of aliphatic hydroxyl groups is 1. The molecule has 92 valence electrons. The fourth-order valence-electron chi connectivity index (χ4n) is 1.53. The Bertz CT molecular complexity index is 576. The average molecular weight is 257 g/mol. The van der Waals surface area contributed by atoms with Crippen LogP contribution in [0.4, 0.5) is 5.69 Å². The minimum Gasteiger partial charge on any atom is -0.408 e. The first-order valence-electron chi connectivity index (χ1n) is 5.19. The number of benzene rings is 1. The summed E-state index contributed by atoms with van der Waals surface area (Å²) in [5.41, 5.74) is 2.05. The first-order valence-corrected chi connectivity index (χ1v) is 5.72. The third kappa shape index (κ3) is 2.45. The van der Waals surface area contributed by atoms with Gasteiger partial charge in [-0.2, -0.15) is 0 Å². The molecule has 1 aromatic heterocycles. The molecule has 2 N–H and O–H groups in total. The number of oxazole rings is 1. The van der Waals surface area contributed by atoms with Gasteiger partial charge < -0.3 is 14.8 Å². The summed E-state index contributed by atoms with van der Waals surface area (Å²) in [7, 11) is 1.64. The number of aliphatic hydroxyl groups excluding tert-OH is 1. The molecule has 0 aliphatic heterocycles. The lowest BCUT2D eigenvalue weighted by Gasteiger charge is -2.09. The minimum absolute atomic E-state index is 0.180. The van der Waals surface area contributed by atoms with Gasteiger partial charge >= 0.3 is 5.76 Å². The van der Waals surface area contributed by atoms with Gasteiger partial charge in [0.25, 0.3) is 0 Å². The molecule has 0 bridgehead atoms. The summed E-state index contributed by atoms with van der Waals surface area (Å²) in [5.74, 6) is -0.211. The molecule has 0 aliphatic rings. The molecule has 2 rings (SSSR count). The predicted octanol–water partition coefficient (Wildman–Crippen LogP) is 1.14. The highest BCUT2D eigenvalue weighted by atomic mass is 35.5. The van der Waals surface area contributed by atoms with Crippen LogP contribution in [0.3, 0.4) is 0 Å². The monoisotopic (exact) mass is 256 g/mol. The van der Waals surface area contributed by atoms with Crippen LogP contribution in [0.1, 0.15) is 0 Å². The summed E-state index contributed by atoms with van der Waals surface area (Å²) in [4.78, 5) is 11.3. The summed E-state index contributed by atoms with van der Waals surface area (Å²) < 4.78 is 6.44. The first kappa shape index (κ1) is 12.0. The molecule has 6 heteroatoms. The normalized spacial score (nSPS) is 12.9. The Morgan fingerprint density at radius 2 is 2.35 bits per heavy atom. The van der Waals surface area contributed by atoms with Crippen molar-refractivity contribution in [2.24, 2.45) is 7.05 Å². The molecule has 1 aromatic carbocycles. The van der Waals surface area contributed by atoms with Crippen molar-refractivity contribution in [3.05, 3.63) is 28.7 Å². The number of nitrogens with one attached hydrogen (secondary N) is 1.